The first-order valence-electron chi connectivity index (χ1n) is 10.3. The molecule has 0 spiro atoms. The first-order valence-corrected chi connectivity index (χ1v) is 10.6. The third kappa shape index (κ3) is 3.15. The van der Waals surface area contributed by atoms with E-state index in [1.54, 1.807) is 24.3 Å². The molecule has 0 aromatic heterocycles. The zero-order valence-electron chi connectivity index (χ0n) is 17.4. The first-order chi connectivity index (χ1) is 15.0. The van der Waals surface area contributed by atoms with Crippen molar-refractivity contribution in [3.8, 4) is 0 Å². The minimum absolute atomic E-state index is 0.308. The van der Waals surface area contributed by atoms with Gasteiger partial charge in [0.25, 0.3) is 11.8 Å². The monoisotopic (exact) mass is 428 g/mol. The predicted molar refractivity (Wildman–Crippen MR) is 124 cm³/mol. The van der Waals surface area contributed by atoms with Gasteiger partial charge in [-0.25, -0.2) is 4.90 Å². The van der Waals surface area contributed by atoms with Crippen molar-refractivity contribution in [2.75, 3.05) is 16.3 Å². The maximum Gasteiger partial charge on any atom is 0.282 e. The highest BCUT2D eigenvalue weighted by Crippen LogP contribution is 2.40. The van der Waals surface area contributed by atoms with Crippen LogP contribution in [0, 0.1) is 13.8 Å². The minimum Gasteiger partial charge on any atom is -0.336 e. The fraction of sp³-hybridized carbons (Fsp3) is 0.154. The van der Waals surface area contributed by atoms with E-state index in [9.17, 15) is 9.59 Å². The van der Waals surface area contributed by atoms with E-state index in [2.05, 4.69) is 6.07 Å². The molecule has 0 saturated carbocycles. The van der Waals surface area contributed by atoms with E-state index in [-0.39, 0.29) is 11.8 Å². The molecule has 154 valence electrons. The van der Waals surface area contributed by atoms with E-state index in [4.69, 9.17) is 11.6 Å². The van der Waals surface area contributed by atoms with Crippen LogP contribution in [0.15, 0.2) is 72.4 Å². The van der Waals surface area contributed by atoms with Crippen molar-refractivity contribution in [2.24, 2.45) is 0 Å². The molecule has 0 unspecified atom stereocenters. The van der Waals surface area contributed by atoms with Gasteiger partial charge in [-0.2, -0.15) is 0 Å². The summed E-state index contributed by atoms with van der Waals surface area (Å²) in [5, 5.41) is 0.555. The second kappa shape index (κ2) is 7.40. The first kappa shape index (κ1) is 19.6. The number of aryl methyl sites for hydroxylation is 2. The summed E-state index contributed by atoms with van der Waals surface area (Å²) in [7, 11) is 0. The molecule has 3 aromatic rings. The van der Waals surface area contributed by atoms with Crippen molar-refractivity contribution in [1.29, 1.82) is 0 Å². The van der Waals surface area contributed by atoms with Crippen molar-refractivity contribution in [2.45, 2.75) is 20.3 Å². The Balaban J connectivity index is 1.70. The second-order valence-corrected chi connectivity index (χ2v) is 8.41. The van der Waals surface area contributed by atoms with Crippen molar-refractivity contribution < 1.29 is 9.59 Å². The summed E-state index contributed by atoms with van der Waals surface area (Å²) in [5.74, 6) is -0.618. The number of hydrogen-bond acceptors (Lipinski definition) is 3. The van der Waals surface area contributed by atoms with E-state index in [1.165, 1.54) is 10.5 Å². The average Bonchev–Trinajstić information content (AvgIpc) is 3.29. The van der Waals surface area contributed by atoms with Crippen LogP contribution in [0.25, 0.3) is 5.57 Å². The number of nitrogens with zero attached hydrogens (tertiary/aromatic N) is 2. The molecular weight excluding hydrogens is 408 g/mol. The summed E-state index contributed by atoms with van der Waals surface area (Å²) in [5.41, 5.74) is 6.55. The molecule has 0 saturated heterocycles. The molecule has 31 heavy (non-hydrogen) atoms. The van der Waals surface area contributed by atoms with Crippen molar-refractivity contribution in [3.05, 3.63) is 99.7 Å². The van der Waals surface area contributed by atoms with Crippen LogP contribution in [0.5, 0.6) is 0 Å². The summed E-state index contributed by atoms with van der Waals surface area (Å²) in [6.45, 7) is 4.71. The smallest absolute Gasteiger partial charge is 0.282 e. The summed E-state index contributed by atoms with van der Waals surface area (Å²) in [4.78, 5) is 30.6. The van der Waals surface area contributed by atoms with Gasteiger partial charge in [0.1, 0.15) is 5.70 Å². The van der Waals surface area contributed by atoms with E-state index in [0.717, 1.165) is 28.8 Å². The second-order valence-electron chi connectivity index (χ2n) is 7.98. The molecule has 5 heteroatoms. The van der Waals surface area contributed by atoms with Gasteiger partial charge in [-0.15, -0.1) is 0 Å². The van der Waals surface area contributed by atoms with Crippen molar-refractivity contribution in [3.63, 3.8) is 0 Å². The molecule has 0 bridgehead atoms. The zero-order valence-corrected chi connectivity index (χ0v) is 18.1. The maximum atomic E-state index is 13.7. The van der Waals surface area contributed by atoms with E-state index in [1.807, 2.05) is 55.1 Å². The number of rotatable bonds is 3. The normalized spacial score (nSPS) is 15.8. The minimum atomic E-state index is -0.310. The number of anilines is 2. The molecule has 0 N–H and O–H groups in total. The standard InChI is InChI=1S/C26H21ClN2O2/c1-16-7-8-19(15-17(16)2)23-24(28-14-13-18-5-3-4-6-22(18)28)26(31)29(25(23)30)21-11-9-20(27)10-12-21/h3-12,15H,13-14H2,1-2H3. The van der Waals surface area contributed by atoms with Crippen LogP contribution in [0.3, 0.4) is 0 Å². The quantitative estimate of drug-likeness (QED) is 0.531. The Hall–Kier alpha value is -3.37. The van der Waals surface area contributed by atoms with E-state index in [0.29, 0.717) is 28.5 Å². The molecular formula is C26H21ClN2O2. The molecule has 5 rings (SSSR count). The van der Waals surface area contributed by atoms with Crippen LogP contribution >= 0.6 is 11.6 Å². The molecule has 0 atom stereocenters. The number of carbonyl (C=O) groups is 2. The largest absolute Gasteiger partial charge is 0.336 e. The SMILES string of the molecule is Cc1ccc(C2=C(N3CCc4ccccc43)C(=O)N(c3ccc(Cl)cc3)C2=O)cc1C. The summed E-state index contributed by atoms with van der Waals surface area (Å²) in [6.07, 6.45) is 0.836. The van der Waals surface area contributed by atoms with Gasteiger partial charge in [-0.05, 0) is 72.9 Å². The van der Waals surface area contributed by atoms with E-state index >= 15 is 0 Å². The lowest BCUT2D eigenvalue weighted by Crippen LogP contribution is -2.34. The van der Waals surface area contributed by atoms with Crippen LogP contribution in [-0.2, 0) is 16.0 Å². The summed E-state index contributed by atoms with van der Waals surface area (Å²) in [6, 6.07) is 20.8. The molecule has 2 aliphatic heterocycles. The Kier molecular flexibility index (Phi) is 4.67. The lowest BCUT2D eigenvalue weighted by atomic mass is 9.99. The molecule has 4 nitrogen and oxygen atoms in total. The molecule has 2 aliphatic rings. The molecule has 0 fully saturated rings. The number of carbonyl (C=O) groups excluding carboxylic acids is 2. The van der Waals surface area contributed by atoms with Crippen LogP contribution in [0.1, 0.15) is 22.3 Å². The predicted octanol–water partition coefficient (Wildman–Crippen LogP) is 5.30. The Morgan fingerprint density at radius 1 is 0.839 bits per heavy atom. The number of para-hydroxylation sites is 1. The Bertz CT molecular complexity index is 1260. The molecule has 2 heterocycles. The number of hydrogen-bond donors (Lipinski definition) is 0. The van der Waals surface area contributed by atoms with Crippen LogP contribution < -0.4 is 9.80 Å². The lowest BCUT2D eigenvalue weighted by Gasteiger charge is -2.22. The fourth-order valence-electron chi connectivity index (χ4n) is 4.32. The van der Waals surface area contributed by atoms with E-state index < -0.39 is 0 Å². The molecule has 2 amide bonds. The summed E-state index contributed by atoms with van der Waals surface area (Å²) < 4.78 is 0. The van der Waals surface area contributed by atoms with Crippen molar-refractivity contribution in [1.82, 2.24) is 0 Å². The Labute approximate surface area is 186 Å². The van der Waals surface area contributed by atoms with Crippen molar-refractivity contribution >= 4 is 40.4 Å². The van der Waals surface area contributed by atoms with Crippen LogP contribution in [0.2, 0.25) is 5.02 Å². The topological polar surface area (TPSA) is 40.6 Å². The Morgan fingerprint density at radius 3 is 2.32 bits per heavy atom. The number of imide groups is 1. The lowest BCUT2D eigenvalue weighted by molar-refractivity contribution is -0.120. The van der Waals surface area contributed by atoms with Gasteiger partial charge in [-0.3, -0.25) is 9.59 Å². The highest BCUT2D eigenvalue weighted by atomic mass is 35.5. The molecule has 0 radical (unpaired) electrons. The molecule has 0 aliphatic carbocycles. The van der Waals surface area contributed by atoms with Gasteiger partial charge >= 0.3 is 0 Å². The van der Waals surface area contributed by atoms with Gasteiger partial charge in [0.15, 0.2) is 0 Å². The van der Waals surface area contributed by atoms with Gasteiger partial charge in [0, 0.05) is 17.3 Å². The Morgan fingerprint density at radius 2 is 1.58 bits per heavy atom. The van der Waals surface area contributed by atoms with Crippen LogP contribution in [-0.4, -0.2) is 18.4 Å². The van der Waals surface area contributed by atoms with Gasteiger partial charge in [-0.1, -0.05) is 48.0 Å². The highest BCUT2D eigenvalue weighted by Gasteiger charge is 2.44. The summed E-state index contributed by atoms with van der Waals surface area (Å²) >= 11 is 6.03. The molecule has 3 aromatic carbocycles. The maximum absolute atomic E-state index is 13.7. The average molecular weight is 429 g/mol. The zero-order chi connectivity index (χ0) is 21.7. The van der Waals surface area contributed by atoms with Gasteiger partial charge < -0.3 is 4.90 Å². The fourth-order valence-corrected chi connectivity index (χ4v) is 4.45. The number of fused-ring (bicyclic) bond motifs is 1. The van der Waals surface area contributed by atoms with Gasteiger partial charge in [0.2, 0.25) is 0 Å². The third-order valence-corrected chi connectivity index (χ3v) is 6.35. The van der Waals surface area contributed by atoms with Crippen LogP contribution in [0.4, 0.5) is 11.4 Å². The van der Waals surface area contributed by atoms with Gasteiger partial charge in [0.05, 0.1) is 11.3 Å². The number of benzene rings is 3. The highest BCUT2D eigenvalue weighted by molar-refractivity contribution is 6.46. The number of halogens is 1. The third-order valence-electron chi connectivity index (χ3n) is 6.10. The number of amides is 2.